The van der Waals surface area contributed by atoms with Crippen LogP contribution in [0.15, 0.2) is 36.7 Å². The first kappa shape index (κ1) is 13.4. The monoisotopic (exact) mass is 279 g/mol. The minimum atomic E-state index is -0.177. The topological polar surface area (TPSA) is 67.0 Å². The zero-order chi connectivity index (χ0) is 13.5. The molecule has 100 valence electrons. The minimum Gasteiger partial charge on any atom is -0.482 e. The summed E-state index contributed by atoms with van der Waals surface area (Å²) in [7, 11) is 0. The maximum atomic E-state index is 11.6. The Labute approximate surface area is 115 Å². The van der Waals surface area contributed by atoms with E-state index in [-0.39, 0.29) is 12.5 Å². The van der Waals surface area contributed by atoms with E-state index < -0.39 is 0 Å². The van der Waals surface area contributed by atoms with Crippen LogP contribution in [0.2, 0.25) is 5.02 Å². The average Bonchev–Trinajstić information content (AvgIpc) is 2.91. The quantitative estimate of drug-likeness (QED) is 0.847. The van der Waals surface area contributed by atoms with Crippen molar-refractivity contribution in [2.75, 3.05) is 13.2 Å². The second kappa shape index (κ2) is 6.80. The number of halogens is 1. The molecule has 0 aliphatic carbocycles. The molecule has 19 heavy (non-hydrogen) atoms. The Bertz CT molecular complexity index is 528. The minimum absolute atomic E-state index is 0.0465. The number of aromatic nitrogens is 2. The molecule has 0 saturated carbocycles. The summed E-state index contributed by atoms with van der Waals surface area (Å²) in [5, 5.41) is 9.80. The molecule has 6 heteroatoms. The van der Waals surface area contributed by atoms with Gasteiger partial charge in [-0.15, -0.1) is 0 Å². The molecular formula is C13H14ClN3O2. The Morgan fingerprint density at radius 1 is 1.42 bits per heavy atom. The lowest BCUT2D eigenvalue weighted by molar-refractivity contribution is -0.123. The molecule has 0 atom stereocenters. The lowest BCUT2D eigenvalue weighted by atomic mass is 10.2. The van der Waals surface area contributed by atoms with Crippen LogP contribution in [0.5, 0.6) is 5.75 Å². The summed E-state index contributed by atoms with van der Waals surface area (Å²) in [6, 6.07) is 7.05. The number of amides is 1. The number of nitrogens with zero attached hydrogens (tertiary/aromatic N) is 1. The maximum absolute atomic E-state index is 11.6. The SMILES string of the molecule is O=C(COc1ccccc1Cl)NCCc1cn[nH]c1. The number of carbonyl (C=O) groups excluding carboxylic acids is 1. The summed E-state index contributed by atoms with van der Waals surface area (Å²) < 4.78 is 5.32. The van der Waals surface area contributed by atoms with Crippen molar-refractivity contribution in [1.29, 1.82) is 0 Å². The smallest absolute Gasteiger partial charge is 0.257 e. The van der Waals surface area contributed by atoms with Crippen LogP contribution >= 0.6 is 11.6 Å². The van der Waals surface area contributed by atoms with Gasteiger partial charge in [-0.25, -0.2) is 0 Å². The lowest BCUT2D eigenvalue weighted by Gasteiger charge is -2.08. The number of benzene rings is 1. The zero-order valence-electron chi connectivity index (χ0n) is 10.2. The fraction of sp³-hybridized carbons (Fsp3) is 0.231. The van der Waals surface area contributed by atoms with Gasteiger partial charge in [-0.1, -0.05) is 23.7 Å². The molecular weight excluding hydrogens is 266 g/mol. The largest absolute Gasteiger partial charge is 0.482 e. The van der Waals surface area contributed by atoms with E-state index in [1.165, 1.54) is 0 Å². The highest BCUT2D eigenvalue weighted by Crippen LogP contribution is 2.22. The number of carbonyl (C=O) groups is 1. The van der Waals surface area contributed by atoms with Gasteiger partial charge in [0.15, 0.2) is 6.61 Å². The zero-order valence-corrected chi connectivity index (χ0v) is 11.0. The van der Waals surface area contributed by atoms with Gasteiger partial charge < -0.3 is 10.1 Å². The van der Waals surface area contributed by atoms with Gasteiger partial charge >= 0.3 is 0 Å². The van der Waals surface area contributed by atoms with Crippen molar-refractivity contribution in [3.05, 3.63) is 47.2 Å². The Hall–Kier alpha value is -2.01. The van der Waals surface area contributed by atoms with Crippen LogP contribution in [-0.4, -0.2) is 29.3 Å². The van der Waals surface area contributed by atoms with Gasteiger partial charge in [0.2, 0.25) is 0 Å². The molecule has 0 unspecified atom stereocenters. The third-order valence-corrected chi connectivity index (χ3v) is 2.80. The van der Waals surface area contributed by atoms with Crippen molar-refractivity contribution < 1.29 is 9.53 Å². The Morgan fingerprint density at radius 2 is 2.26 bits per heavy atom. The molecule has 0 aliphatic rings. The summed E-state index contributed by atoms with van der Waals surface area (Å²) >= 11 is 5.91. The van der Waals surface area contributed by atoms with E-state index >= 15 is 0 Å². The molecule has 2 rings (SSSR count). The van der Waals surface area contributed by atoms with E-state index in [9.17, 15) is 4.79 Å². The van der Waals surface area contributed by atoms with Gasteiger partial charge in [0, 0.05) is 12.7 Å². The van der Waals surface area contributed by atoms with Crippen LogP contribution in [0, 0.1) is 0 Å². The third-order valence-electron chi connectivity index (χ3n) is 2.49. The lowest BCUT2D eigenvalue weighted by Crippen LogP contribution is -2.30. The number of nitrogens with one attached hydrogen (secondary N) is 2. The number of rotatable bonds is 6. The fourth-order valence-electron chi connectivity index (χ4n) is 1.52. The van der Waals surface area contributed by atoms with Crippen LogP contribution in [0.25, 0.3) is 0 Å². The van der Waals surface area contributed by atoms with Crippen LogP contribution in [-0.2, 0) is 11.2 Å². The molecule has 2 aromatic rings. The number of aromatic amines is 1. The summed E-state index contributed by atoms with van der Waals surface area (Å²) in [5.74, 6) is 0.331. The van der Waals surface area contributed by atoms with Crippen molar-refractivity contribution >= 4 is 17.5 Å². The molecule has 0 fully saturated rings. The molecule has 1 aromatic heterocycles. The van der Waals surface area contributed by atoms with Crippen molar-refractivity contribution in [2.24, 2.45) is 0 Å². The highest BCUT2D eigenvalue weighted by molar-refractivity contribution is 6.32. The van der Waals surface area contributed by atoms with E-state index in [0.717, 1.165) is 12.0 Å². The van der Waals surface area contributed by atoms with Crippen molar-refractivity contribution in [2.45, 2.75) is 6.42 Å². The molecule has 1 aromatic carbocycles. The second-order valence-corrected chi connectivity index (χ2v) is 4.33. The molecule has 0 bridgehead atoms. The maximum Gasteiger partial charge on any atom is 0.257 e. The first-order valence-electron chi connectivity index (χ1n) is 5.87. The van der Waals surface area contributed by atoms with E-state index in [0.29, 0.717) is 17.3 Å². The number of hydrogen-bond donors (Lipinski definition) is 2. The first-order valence-corrected chi connectivity index (χ1v) is 6.25. The van der Waals surface area contributed by atoms with Gasteiger partial charge in [-0.2, -0.15) is 5.10 Å². The Morgan fingerprint density at radius 3 is 3.00 bits per heavy atom. The summed E-state index contributed by atoms with van der Waals surface area (Å²) in [6.45, 7) is 0.499. The van der Waals surface area contributed by atoms with Crippen molar-refractivity contribution in [3.63, 3.8) is 0 Å². The molecule has 0 saturated heterocycles. The Kier molecular flexibility index (Phi) is 4.80. The molecule has 1 amide bonds. The van der Waals surface area contributed by atoms with Gasteiger partial charge in [0.1, 0.15) is 5.75 Å². The molecule has 0 aliphatic heterocycles. The molecule has 0 radical (unpaired) electrons. The van der Waals surface area contributed by atoms with Crippen LogP contribution in [0.4, 0.5) is 0 Å². The van der Waals surface area contributed by atoms with E-state index in [2.05, 4.69) is 15.5 Å². The number of hydrogen-bond acceptors (Lipinski definition) is 3. The highest BCUT2D eigenvalue weighted by Gasteiger charge is 2.05. The summed E-state index contributed by atoms with van der Waals surface area (Å²) in [4.78, 5) is 11.6. The van der Waals surface area contributed by atoms with Gasteiger partial charge in [0.05, 0.1) is 11.2 Å². The van der Waals surface area contributed by atoms with Crippen molar-refractivity contribution in [3.8, 4) is 5.75 Å². The Balaban J connectivity index is 1.69. The molecule has 1 heterocycles. The summed E-state index contributed by atoms with van der Waals surface area (Å²) in [5.41, 5.74) is 1.05. The van der Waals surface area contributed by atoms with Gasteiger partial charge in [-0.3, -0.25) is 9.89 Å². The van der Waals surface area contributed by atoms with Crippen LogP contribution < -0.4 is 10.1 Å². The highest BCUT2D eigenvalue weighted by atomic mass is 35.5. The molecule has 5 nitrogen and oxygen atoms in total. The first-order chi connectivity index (χ1) is 9.25. The fourth-order valence-corrected chi connectivity index (χ4v) is 1.71. The van der Waals surface area contributed by atoms with Crippen LogP contribution in [0.1, 0.15) is 5.56 Å². The average molecular weight is 280 g/mol. The van der Waals surface area contributed by atoms with E-state index in [4.69, 9.17) is 16.3 Å². The van der Waals surface area contributed by atoms with Crippen molar-refractivity contribution in [1.82, 2.24) is 15.5 Å². The molecule has 0 spiro atoms. The van der Waals surface area contributed by atoms with E-state index in [1.807, 2.05) is 0 Å². The number of H-pyrrole nitrogens is 1. The standard InChI is InChI=1S/C13H14ClN3O2/c14-11-3-1-2-4-12(11)19-9-13(18)15-6-5-10-7-16-17-8-10/h1-4,7-8H,5-6,9H2,(H,15,18)(H,16,17). The summed E-state index contributed by atoms with van der Waals surface area (Å²) in [6.07, 6.45) is 4.26. The normalized spacial score (nSPS) is 10.2. The van der Waals surface area contributed by atoms with E-state index in [1.54, 1.807) is 36.7 Å². The van der Waals surface area contributed by atoms with Crippen LogP contribution in [0.3, 0.4) is 0 Å². The van der Waals surface area contributed by atoms with Gasteiger partial charge in [-0.05, 0) is 24.1 Å². The predicted molar refractivity (Wildman–Crippen MR) is 72.2 cm³/mol. The third kappa shape index (κ3) is 4.30. The number of ether oxygens (including phenoxy) is 1. The predicted octanol–water partition coefficient (Wildman–Crippen LogP) is 1.80. The number of para-hydroxylation sites is 1. The van der Waals surface area contributed by atoms with Gasteiger partial charge in [0.25, 0.3) is 5.91 Å². The second-order valence-electron chi connectivity index (χ2n) is 3.93. The molecule has 2 N–H and O–H groups in total.